The standard InChI is InChI=1S/C30H36BrN3O4S/c1-5-23(4)32-30(36)28(6-2)33(20-24-17-15-22(3)16-18-24)29(35)21-34(26-12-10-11-25(31)19-26)39(37,38)27-13-8-7-9-14-27/h7-19,23,28H,5-6,20-21H2,1-4H3,(H,32,36)/t23-,28+/m1/s1. The summed E-state index contributed by atoms with van der Waals surface area (Å²) in [6, 6.07) is 21.8. The minimum Gasteiger partial charge on any atom is -0.352 e. The van der Waals surface area contributed by atoms with E-state index in [1.807, 2.05) is 52.0 Å². The summed E-state index contributed by atoms with van der Waals surface area (Å²) in [6.45, 7) is 7.42. The molecule has 0 aliphatic carbocycles. The predicted octanol–water partition coefficient (Wildman–Crippen LogP) is 5.67. The van der Waals surface area contributed by atoms with Crippen LogP contribution in [0.5, 0.6) is 0 Å². The molecule has 1 N–H and O–H groups in total. The third kappa shape index (κ3) is 7.92. The molecule has 0 radical (unpaired) electrons. The monoisotopic (exact) mass is 613 g/mol. The smallest absolute Gasteiger partial charge is 0.264 e. The van der Waals surface area contributed by atoms with Crippen molar-refractivity contribution in [2.45, 2.75) is 64.1 Å². The number of nitrogens with one attached hydrogen (secondary N) is 1. The molecular weight excluding hydrogens is 578 g/mol. The quantitative estimate of drug-likeness (QED) is 0.285. The van der Waals surface area contributed by atoms with Gasteiger partial charge in [-0.1, -0.05) is 83.9 Å². The van der Waals surface area contributed by atoms with Gasteiger partial charge in [0.25, 0.3) is 10.0 Å². The first-order valence-electron chi connectivity index (χ1n) is 13.1. The summed E-state index contributed by atoms with van der Waals surface area (Å²) in [4.78, 5) is 28.9. The zero-order valence-electron chi connectivity index (χ0n) is 22.8. The van der Waals surface area contributed by atoms with Gasteiger partial charge in [0.15, 0.2) is 0 Å². The number of sulfonamides is 1. The highest BCUT2D eigenvalue weighted by Gasteiger charge is 2.34. The van der Waals surface area contributed by atoms with Gasteiger partial charge in [-0.2, -0.15) is 0 Å². The Morgan fingerprint density at radius 2 is 1.59 bits per heavy atom. The Morgan fingerprint density at radius 1 is 0.923 bits per heavy atom. The second-order valence-electron chi connectivity index (χ2n) is 9.55. The van der Waals surface area contributed by atoms with E-state index in [2.05, 4.69) is 21.2 Å². The minimum atomic E-state index is -4.09. The van der Waals surface area contributed by atoms with Gasteiger partial charge in [-0.3, -0.25) is 13.9 Å². The molecule has 0 bridgehead atoms. The summed E-state index contributed by atoms with van der Waals surface area (Å²) in [7, 11) is -4.09. The first kappa shape index (κ1) is 30.4. The van der Waals surface area contributed by atoms with Crippen molar-refractivity contribution >= 4 is 43.5 Å². The first-order valence-corrected chi connectivity index (χ1v) is 15.3. The highest BCUT2D eigenvalue weighted by atomic mass is 79.9. The lowest BCUT2D eigenvalue weighted by molar-refractivity contribution is -0.140. The van der Waals surface area contributed by atoms with Crippen LogP contribution in [0.15, 0.2) is 88.2 Å². The third-order valence-corrected chi connectivity index (χ3v) is 8.85. The van der Waals surface area contributed by atoms with E-state index in [0.717, 1.165) is 21.9 Å². The fraction of sp³-hybridized carbons (Fsp3) is 0.333. The van der Waals surface area contributed by atoms with Crippen LogP contribution in [0.1, 0.15) is 44.7 Å². The molecule has 9 heteroatoms. The zero-order chi connectivity index (χ0) is 28.6. The van der Waals surface area contributed by atoms with Crippen molar-refractivity contribution in [3.05, 3.63) is 94.5 Å². The molecule has 7 nitrogen and oxygen atoms in total. The maximum absolute atomic E-state index is 14.0. The van der Waals surface area contributed by atoms with Crippen LogP contribution < -0.4 is 9.62 Å². The van der Waals surface area contributed by atoms with E-state index in [0.29, 0.717) is 16.6 Å². The van der Waals surface area contributed by atoms with Gasteiger partial charge in [-0.05, 0) is 62.6 Å². The number of halogens is 1. The minimum absolute atomic E-state index is 0.0560. The Morgan fingerprint density at radius 3 is 2.18 bits per heavy atom. The van der Waals surface area contributed by atoms with E-state index in [1.54, 1.807) is 42.5 Å². The maximum atomic E-state index is 14.0. The van der Waals surface area contributed by atoms with Crippen molar-refractivity contribution in [2.24, 2.45) is 0 Å². The molecule has 0 spiro atoms. The lowest BCUT2D eigenvalue weighted by Crippen LogP contribution is -2.53. The van der Waals surface area contributed by atoms with Gasteiger partial charge in [-0.15, -0.1) is 0 Å². The van der Waals surface area contributed by atoms with Crippen LogP contribution in [-0.2, 0) is 26.2 Å². The van der Waals surface area contributed by atoms with Crippen LogP contribution in [0.3, 0.4) is 0 Å². The normalized spacial score (nSPS) is 12.8. The van der Waals surface area contributed by atoms with E-state index in [-0.39, 0.29) is 23.4 Å². The van der Waals surface area contributed by atoms with Crippen molar-refractivity contribution in [1.82, 2.24) is 10.2 Å². The SMILES string of the molecule is CC[C@@H](C)NC(=O)[C@H](CC)N(Cc1ccc(C)cc1)C(=O)CN(c1cccc(Br)c1)S(=O)(=O)c1ccccc1. The predicted molar refractivity (Wildman–Crippen MR) is 159 cm³/mol. The summed E-state index contributed by atoms with van der Waals surface area (Å²) < 4.78 is 29.4. The molecule has 0 saturated carbocycles. The van der Waals surface area contributed by atoms with Gasteiger partial charge < -0.3 is 10.2 Å². The molecule has 0 unspecified atom stereocenters. The molecule has 208 valence electrons. The number of anilines is 1. The van der Waals surface area contributed by atoms with Gasteiger partial charge in [0, 0.05) is 17.1 Å². The molecule has 3 aromatic carbocycles. The number of benzene rings is 3. The Kier molecular flexibility index (Phi) is 10.7. The fourth-order valence-corrected chi connectivity index (χ4v) is 5.94. The van der Waals surface area contributed by atoms with Gasteiger partial charge in [0.05, 0.1) is 10.6 Å². The topological polar surface area (TPSA) is 86.8 Å². The lowest BCUT2D eigenvalue weighted by atomic mass is 10.1. The summed E-state index contributed by atoms with van der Waals surface area (Å²) >= 11 is 3.41. The van der Waals surface area contributed by atoms with Gasteiger partial charge in [0.2, 0.25) is 11.8 Å². The fourth-order valence-electron chi connectivity index (χ4n) is 4.13. The zero-order valence-corrected chi connectivity index (χ0v) is 25.2. The number of aryl methyl sites for hydroxylation is 1. The van der Waals surface area contributed by atoms with E-state index < -0.39 is 28.5 Å². The average Bonchev–Trinajstić information content (AvgIpc) is 2.92. The molecule has 39 heavy (non-hydrogen) atoms. The van der Waals surface area contributed by atoms with E-state index >= 15 is 0 Å². The first-order chi connectivity index (χ1) is 18.6. The number of hydrogen-bond donors (Lipinski definition) is 1. The van der Waals surface area contributed by atoms with Crippen molar-refractivity contribution in [1.29, 1.82) is 0 Å². The molecule has 2 amide bonds. The molecule has 3 aromatic rings. The summed E-state index contributed by atoms with van der Waals surface area (Å²) in [5.41, 5.74) is 2.27. The number of carbonyl (C=O) groups excluding carboxylic acids is 2. The highest BCUT2D eigenvalue weighted by molar-refractivity contribution is 9.10. The Hall–Kier alpha value is -3.17. The van der Waals surface area contributed by atoms with Crippen molar-refractivity contribution in [3.63, 3.8) is 0 Å². The largest absolute Gasteiger partial charge is 0.352 e. The van der Waals surface area contributed by atoms with E-state index in [4.69, 9.17) is 0 Å². The molecule has 0 saturated heterocycles. The van der Waals surface area contributed by atoms with Crippen molar-refractivity contribution in [2.75, 3.05) is 10.8 Å². The number of carbonyl (C=O) groups is 2. The maximum Gasteiger partial charge on any atom is 0.264 e. The summed E-state index contributed by atoms with van der Waals surface area (Å²) in [6.07, 6.45) is 1.13. The Balaban J connectivity index is 2.04. The highest BCUT2D eigenvalue weighted by Crippen LogP contribution is 2.27. The van der Waals surface area contributed by atoms with E-state index in [9.17, 15) is 18.0 Å². The van der Waals surface area contributed by atoms with Crippen LogP contribution in [-0.4, -0.2) is 43.8 Å². The third-order valence-electron chi connectivity index (χ3n) is 6.57. The summed E-state index contributed by atoms with van der Waals surface area (Å²) in [5.74, 6) is -0.728. The molecule has 0 aliphatic heterocycles. The summed E-state index contributed by atoms with van der Waals surface area (Å²) in [5, 5.41) is 2.99. The molecular formula is C30H36BrN3O4S. The molecule has 2 atom stereocenters. The molecule has 0 aliphatic rings. The Bertz CT molecular complexity index is 1360. The average molecular weight is 615 g/mol. The Labute approximate surface area is 240 Å². The molecule has 3 rings (SSSR count). The molecule has 0 heterocycles. The number of amides is 2. The lowest BCUT2D eigenvalue weighted by Gasteiger charge is -2.33. The number of rotatable bonds is 12. The van der Waals surface area contributed by atoms with Gasteiger partial charge in [-0.25, -0.2) is 8.42 Å². The second kappa shape index (κ2) is 13.8. The van der Waals surface area contributed by atoms with Gasteiger partial charge in [0.1, 0.15) is 12.6 Å². The second-order valence-corrected chi connectivity index (χ2v) is 12.3. The number of hydrogen-bond acceptors (Lipinski definition) is 4. The van der Waals surface area contributed by atoms with Crippen molar-refractivity contribution in [3.8, 4) is 0 Å². The van der Waals surface area contributed by atoms with Gasteiger partial charge >= 0.3 is 0 Å². The van der Waals surface area contributed by atoms with Crippen LogP contribution in [0.2, 0.25) is 0 Å². The van der Waals surface area contributed by atoms with Crippen LogP contribution >= 0.6 is 15.9 Å². The molecule has 0 fully saturated rings. The van der Waals surface area contributed by atoms with Crippen LogP contribution in [0.4, 0.5) is 5.69 Å². The number of nitrogens with zero attached hydrogens (tertiary/aromatic N) is 2. The van der Waals surface area contributed by atoms with Crippen LogP contribution in [0.25, 0.3) is 0 Å². The van der Waals surface area contributed by atoms with Crippen LogP contribution in [0, 0.1) is 6.92 Å². The molecule has 0 aromatic heterocycles. The van der Waals surface area contributed by atoms with Crippen molar-refractivity contribution < 1.29 is 18.0 Å². The van der Waals surface area contributed by atoms with E-state index in [1.165, 1.54) is 17.0 Å².